The standard InChI is InChI=1S/C15H21N3O4S2/c1-10(2)14(15-16-7-8-17-15)18-12-6-5-11(23(3,19)20)9-13(12)24(4,21)22/h5-10,14,18H,1-4H3,(H,16,17)/t14-/m1/s1. The molecule has 0 unspecified atom stereocenters. The van der Waals surface area contributed by atoms with Gasteiger partial charge in [0.15, 0.2) is 19.7 Å². The molecule has 132 valence electrons. The number of nitrogens with one attached hydrogen (secondary N) is 2. The number of aromatic nitrogens is 2. The highest BCUT2D eigenvalue weighted by Crippen LogP contribution is 2.30. The molecule has 7 nitrogen and oxygen atoms in total. The van der Waals surface area contributed by atoms with Gasteiger partial charge in [-0.1, -0.05) is 13.8 Å². The second-order valence-corrected chi connectivity index (χ2v) is 10.0. The van der Waals surface area contributed by atoms with Crippen molar-refractivity contribution in [3.8, 4) is 0 Å². The molecule has 0 radical (unpaired) electrons. The van der Waals surface area contributed by atoms with Crippen LogP contribution in [0.4, 0.5) is 5.69 Å². The Labute approximate surface area is 142 Å². The lowest BCUT2D eigenvalue weighted by Gasteiger charge is -2.23. The van der Waals surface area contributed by atoms with E-state index in [0.717, 1.165) is 12.5 Å². The number of imidazole rings is 1. The van der Waals surface area contributed by atoms with Gasteiger partial charge in [-0.3, -0.25) is 0 Å². The van der Waals surface area contributed by atoms with E-state index in [1.807, 2.05) is 13.8 Å². The van der Waals surface area contributed by atoms with Crippen LogP contribution in [0.15, 0.2) is 40.4 Å². The molecule has 0 saturated heterocycles. The molecule has 9 heteroatoms. The molecule has 0 spiro atoms. The fourth-order valence-electron chi connectivity index (χ4n) is 2.33. The number of anilines is 1. The van der Waals surface area contributed by atoms with Crippen molar-refractivity contribution in [2.75, 3.05) is 17.8 Å². The first kappa shape index (κ1) is 18.5. The molecule has 0 aliphatic heterocycles. The smallest absolute Gasteiger partial charge is 0.177 e. The monoisotopic (exact) mass is 371 g/mol. The molecule has 0 amide bonds. The summed E-state index contributed by atoms with van der Waals surface area (Å²) >= 11 is 0. The number of hydrogen-bond acceptors (Lipinski definition) is 6. The van der Waals surface area contributed by atoms with Crippen molar-refractivity contribution in [2.45, 2.75) is 29.7 Å². The predicted octanol–water partition coefficient (Wildman–Crippen LogP) is 2.03. The second-order valence-electron chi connectivity index (χ2n) is 6.04. The van der Waals surface area contributed by atoms with Crippen molar-refractivity contribution >= 4 is 25.4 Å². The van der Waals surface area contributed by atoms with Gasteiger partial charge < -0.3 is 10.3 Å². The van der Waals surface area contributed by atoms with Gasteiger partial charge in [-0.15, -0.1) is 0 Å². The Morgan fingerprint density at radius 1 is 1.08 bits per heavy atom. The third-order valence-electron chi connectivity index (χ3n) is 3.57. The summed E-state index contributed by atoms with van der Waals surface area (Å²) in [6.45, 7) is 3.95. The molecule has 2 rings (SSSR count). The number of benzene rings is 1. The van der Waals surface area contributed by atoms with Crippen LogP contribution in [0, 0.1) is 5.92 Å². The largest absolute Gasteiger partial charge is 0.374 e. The van der Waals surface area contributed by atoms with Crippen LogP contribution in [0.5, 0.6) is 0 Å². The number of sulfone groups is 2. The Balaban J connectivity index is 2.53. The van der Waals surface area contributed by atoms with Crippen molar-refractivity contribution < 1.29 is 16.8 Å². The lowest BCUT2D eigenvalue weighted by molar-refractivity contribution is 0.524. The normalized spacial score (nSPS) is 13.9. The van der Waals surface area contributed by atoms with Crippen LogP contribution in [-0.2, 0) is 19.7 Å². The fourth-order valence-corrected chi connectivity index (χ4v) is 3.91. The Bertz CT molecular complexity index is 918. The average molecular weight is 371 g/mol. The maximum absolute atomic E-state index is 12.1. The zero-order valence-electron chi connectivity index (χ0n) is 13.9. The fraction of sp³-hybridized carbons (Fsp3) is 0.400. The lowest BCUT2D eigenvalue weighted by atomic mass is 10.0. The van der Waals surface area contributed by atoms with Crippen LogP contribution in [-0.4, -0.2) is 39.3 Å². The summed E-state index contributed by atoms with van der Waals surface area (Å²) in [7, 11) is -7.12. The van der Waals surface area contributed by atoms with Gasteiger partial charge in [-0.25, -0.2) is 21.8 Å². The van der Waals surface area contributed by atoms with Gasteiger partial charge in [0.1, 0.15) is 5.82 Å². The minimum Gasteiger partial charge on any atom is -0.374 e. The Kier molecular flexibility index (Phi) is 5.05. The van der Waals surface area contributed by atoms with Gasteiger partial charge in [0.05, 0.1) is 21.5 Å². The first-order valence-corrected chi connectivity index (χ1v) is 11.1. The molecule has 24 heavy (non-hydrogen) atoms. The highest BCUT2D eigenvalue weighted by molar-refractivity contribution is 7.91. The summed E-state index contributed by atoms with van der Waals surface area (Å²) in [5.41, 5.74) is 0.347. The van der Waals surface area contributed by atoms with Crippen LogP contribution in [0.3, 0.4) is 0 Å². The van der Waals surface area contributed by atoms with E-state index >= 15 is 0 Å². The highest BCUT2D eigenvalue weighted by atomic mass is 32.2. The van der Waals surface area contributed by atoms with Crippen molar-refractivity contribution in [1.29, 1.82) is 0 Å². The zero-order valence-corrected chi connectivity index (χ0v) is 15.6. The molecule has 0 fully saturated rings. The van der Waals surface area contributed by atoms with E-state index in [0.29, 0.717) is 11.5 Å². The van der Waals surface area contributed by atoms with Crippen LogP contribution in [0.25, 0.3) is 0 Å². The summed E-state index contributed by atoms with van der Waals surface area (Å²) in [5, 5.41) is 3.17. The van der Waals surface area contributed by atoms with Crippen LogP contribution >= 0.6 is 0 Å². The van der Waals surface area contributed by atoms with Crippen LogP contribution < -0.4 is 5.32 Å². The van der Waals surface area contributed by atoms with Gasteiger partial charge >= 0.3 is 0 Å². The van der Waals surface area contributed by atoms with E-state index < -0.39 is 19.7 Å². The van der Waals surface area contributed by atoms with Gasteiger partial charge in [0.2, 0.25) is 0 Å². The van der Waals surface area contributed by atoms with Gasteiger partial charge in [0.25, 0.3) is 0 Å². The number of aromatic amines is 1. The molecular weight excluding hydrogens is 350 g/mol. The minimum atomic E-state index is -3.61. The Hall–Kier alpha value is -1.87. The van der Waals surface area contributed by atoms with Crippen molar-refractivity contribution in [3.63, 3.8) is 0 Å². The second kappa shape index (κ2) is 6.56. The van der Waals surface area contributed by atoms with Crippen LogP contribution in [0.2, 0.25) is 0 Å². The molecule has 1 atom stereocenters. The van der Waals surface area contributed by atoms with E-state index in [9.17, 15) is 16.8 Å². The summed E-state index contributed by atoms with van der Waals surface area (Å²) in [4.78, 5) is 7.15. The van der Waals surface area contributed by atoms with E-state index in [-0.39, 0.29) is 21.8 Å². The van der Waals surface area contributed by atoms with E-state index in [1.54, 1.807) is 12.4 Å². The Morgan fingerprint density at radius 3 is 2.21 bits per heavy atom. The molecule has 0 bridgehead atoms. The number of rotatable bonds is 6. The van der Waals surface area contributed by atoms with E-state index in [1.165, 1.54) is 18.2 Å². The highest BCUT2D eigenvalue weighted by Gasteiger charge is 2.23. The summed E-state index contributed by atoms with van der Waals surface area (Å²) in [6, 6.07) is 3.81. The average Bonchev–Trinajstić information content (AvgIpc) is 2.96. The lowest BCUT2D eigenvalue weighted by Crippen LogP contribution is -2.20. The van der Waals surface area contributed by atoms with Crippen LogP contribution in [0.1, 0.15) is 25.7 Å². The molecule has 1 aromatic carbocycles. The number of H-pyrrole nitrogens is 1. The first-order chi connectivity index (χ1) is 11.0. The Morgan fingerprint density at radius 2 is 1.75 bits per heavy atom. The molecule has 0 aliphatic rings. The summed E-state index contributed by atoms with van der Waals surface area (Å²) in [6.07, 6.45) is 5.41. The van der Waals surface area contributed by atoms with Gasteiger partial charge in [-0.05, 0) is 24.1 Å². The molecule has 1 heterocycles. The third kappa shape index (κ3) is 4.15. The van der Waals surface area contributed by atoms with Gasteiger partial charge in [0, 0.05) is 24.9 Å². The maximum atomic E-state index is 12.1. The molecule has 2 aromatic rings. The summed E-state index contributed by atoms with van der Waals surface area (Å²) in [5.74, 6) is 0.801. The zero-order chi connectivity index (χ0) is 18.1. The quantitative estimate of drug-likeness (QED) is 0.804. The molecule has 1 aromatic heterocycles. The van der Waals surface area contributed by atoms with Crippen molar-refractivity contribution in [3.05, 3.63) is 36.4 Å². The molecule has 2 N–H and O–H groups in total. The van der Waals surface area contributed by atoms with Gasteiger partial charge in [-0.2, -0.15) is 0 Å². The topological polar surface area (TPSA) is 109 Å². The number of nitrogens with zero attached hydrogens (tertiary/aromatic N) is 1. The summed E-state index contributed by atoms with van der Waals surface area (Å²) < 4.78 is 47.6. The first-order valence-electron chi connectivity index (χ1n) is 7.30. The van der Waals surface area contributed by atoms with Crippen molar-refractivity contribution in [2.24, 2.45) is 5.92 Å². The minimum absolute atomic E-state index is 0.0347. The number of hydrogen-bond donors (Lipinski definition) is 2. The predicted molar refractivity (Wildman–Crippen MR) is 92.5 cm³/mol. The van der Waals surface area contributed by atoms with Crippen molar-refractivity contribution in [1.82, 2.24) is 9.97 Å². The van der Waals surface area contributed by atoms with E-state index in [4.69, 9.17) is 0 Å². The SMILES string of the molecule is CC(C)[C@@H](Nc1ccc(S(C)(=O)=O)cc1S(C)(=O)=O)c1ncc[nH]1. The molecule has 0 aliphatic carbocycles. The third-order valence-corrected chi connectivity index (χ3v) is 5.82. The molecule has 0 saturated carbocycles. The maximum Gasteiger partial charge on any atom is 0.177 e. The van der Waals surface area contributed by atoms with E-state index in [2.05, 4.69) is 15.3 Å². The molecular formula is C15H21N3O4S2.